The molecule has 2 amide bonds. The van der Waals surface area contributed by atoms with E-state index in [1.54, 1.807) is 12.1 Å². The maximum Gasteiger partial charge on any atom is 0.248 e. The number of hydrogen-bond donors (Lipinski definition) is 3. The van der Waals surface area contributed by atoms with Crippen LogP contribution in [0.1, 0.15) is 35.2 Å². The van der Waals surface area contributed by atoms with Crippen LogP contribution in [0, 0.1) is 0 Å². The first kappa shape index (κ1) is 13.5. The van der Waals surface area contributed by atoms with Crippen LogP contribution in [-0.4, -0.2) is 24.4 Å². The molecule has 0 bridgehead atoms. The van der Waals surface area contributed by atoms with Crippen LogP contribution in [0.5, 0.6) is 0 Å². The fraction of sp³-hybridized carbons (Fsp3) is 0.429. The summed E-state index contributed by atoms with van der Waals surface area (Å²) in [6, 6.07) is 7.56. The van der Waals surface area contributed by atoms with E-state index in [-0.39, 0.29) is 5.91 Å². The van der Waals surface area contributed by atoms with Gasteiger partial charge < -0.3 is 16.4 Å². The molecule has 0 saturated heterocycles. The van der Waals surface area contributed by atoms with Crippen molar-refractivity contribution in [1.82, 2.24) is 10.6 Å². The lowest BCUT2D eigenvalue weighted by Gasteiger charge is -2.06. The van der Waals surface area contributed by atoms with Crippen molar-refractivity contribution in [1.29, 1.82) is 0 Å². The van der Waals surface area contributed by atoms with Gasteiger partial charge in [-0.15, -0.1) is 0 Å². The van der Waals surface area contributed by atoms with E-state index < -0.39 is 5.91 Å². The minimum absolute atomic E-state index is 0.110. The van der Waals surface area contributed by atoms with Crippen molar-refractivity contribution >= 4 is 11.8 Å². The Hall–Kier alpha value is -1.88. The topological polar surface area (TPSA) is 84.2 Å². The highest BCUT2D eigenvalue weighted by Gasteiger charge is 2.22. The highest BCUT2D eigenvalue weighted by molar-refractivity contribution is 5.92. The Bertz CT molecular complexity index is 452. The van der Waals surface area contributed by atoms with Gasteiger partial charge >= 0.3 is 0 Å². The first-order valence-electron chi connectivity index (χ1n) is 6.54. The molecule has 0 heterocycles. The average molecular weight is 261 g/mol. The molecule has 1 fully saturated rings. The van der Waals surface area contributed by atoms with Crippen molar-refractivity contribution < 1.29 is 9.59 Å². The maximum absolute atomic E-state index is 11.4. The number of rotatable bonds is 7. The second-order valence-corrected chi connectivity index (χ2v) is 4.83. The molecule has 102 valence electrons. The molecule has 1 aromatic rings. The molecule has 2 rings (SSSR count). The van der Waals surface area contributed by atoms with Gasteiger partial charge in [-0.05, 0) is 30.5 Å². The summed E-state index contributed by atoms with van der Waals surface area (Å²) >= 11 is 0. The van der Waals surface area contributed by atoms with Gasteiger partial charge in [0.2, 0.25) is 11.8 Å². The summed E-state index contributed by atoms with van der Waals surface area (Å²) < 4.78 is 0. The predicted molar refractivity (Wildman–Crippen MR) is 72.4 cm³/mol. The molecule has 0 aromatic heterocycles. The van der Waals surface area contributed by atoms with Crippen molar-refractivity contribution in [2.75, 3.05) is 6.54 Å². The summed E-state index contributed by atoms with van der Waals surface area (Å²) in [5, 5.41) is 6.14. The molecular weight excluding hydrogens is 242 g/mol. The smallest absolute Gasteiger partial charge is 0.248 e. The third-order valence-electron chi connectivity index (χ3n) is 3.04. The number of primary amides is 1. The number of nitrogens with one attached hydrogen (secondary N) is 2. The zero-order valence-corrected chi connectivity index (χ0v) is 10.8. The van der Waals surface area contributed by atoms with E-state index in [1.807, 2.05) is 12.1 Å². The van der Waals surface area contributed by atoms with E-state index >= 15 is 0 Å². The molecule has 19 heavy (non-hydrogen) atoms. The van der Waals surface area contributed by atoms with Crippen molar-refractivity contribution in [3.63, 3.8) is 0 Å². The van der Waals surface area contributed by atoms with E-state index in [4.69, 9.17) is 5.73 Å². The van der Waals surface area contributed by atoms with Gasteiger partial charge in [-0.2, -0.15) is 0 Å². The van der Waals surface area contributed by atoms with Gasteiger partial charge in [-0.25, -0.2) is 0 Å². The van der Waals surface area contributed by atoms with Crippen LogP contribution < -0.4 is 16.4 Å². The molecule has 5 heteroatoms. The number of hydrogen-bond acceptors (Lipinski definition) is 3. The number of amides is 2. The Labute approximate surface area is 112 Å². The van der Waals surface area contributed by atoms with Crippen LogP contribution in [0.3, 0.4) is 0 Å². The molecule has 5 nitrogen and oxygen atoms in total. The molecule has 0 aliphatic heterocycles. The largest absolute Gasteiger partial charge is 0.366 e. The minimum Gasteiger partial charge on any atom is -0.366 e. The molecule has 1 aliphatic rings. The fourth-order valence-corrected chi connectivity index (χ4v) is 1.75. The fourth-order valence-electron chi connectivity index (χ4n) is 1.75. The van der Waals surface area contributed by atoms with Gasteiger partial charge in [0, 0.05) is 31.1 Å². The van der Waals surface area contributed by atoms with Gasteiger partial charge in [0.1, 0.15) is 0 Å². The van der Waals surface area contributed by atoms with E-state index in [2.05, 4.69) is 10.6 Å². The molecule has 0 unspecified atom stereocenters. The highest BCUT2D eigenvalue weighted by atomic mass is 16.2. The number of carbonyl (C=O) groups excluding carboxylic acids is 2. The molecular formula is C14H19N3O2. The lowest BCUT2D eigenvalue weighted by molar-refractivity contribution is -0.121. The summed E-state index contributed by atoms with van der Waals surface area (Å²) in [5.74, 6) is -0.310. The highest BCUT2D eigenvalue weighted by Crippen LogP contribution is 2.18. The Morgan fingerprint density at radius 1 is 1.21 bits per heavy atom. The van der Waals surface area contributed by atoms with Crippen molar-refractivity contribution in [2.24, 2.45) is 5.73 Å². The van der Waals surface area contributed by atoms with Gasteiger partial charge in [0.05, 0.1) is 0 Å². The molecule has 0 spiro atoms. The summed E-state index contributed by atoms with van der Waals surface area (Å²) in [6.45, 7) is 1.33. The minimum atomic E-state index is -0.420. The maximum atomic E-state index is 11.4. The van der Waals surface area contributed by atoms with Crippen LogP contribution in [-0.2, 0) is 11.3 Å². The molecule has 1 aliphatic carbocycles. The van der Waals surface area contributed by atoms with E-state index in [9.17, 15) is 9.59 Å². The summed E-state index contributed by atoms with van der Waals surface area (Å²) in [5.41, 5.74) is 6.73. The Morgan fingerprint density at radius 2 is 1.89 bits per heavy atom. The van der Waals surface area contributed by atoms with Crippen LogP contribution in [0.2, 0.25) is 0 Å². The van der Waals surface area contributed by atoms with Crippen LogP contribution in [0.25, 0.3) is 0 Å². The summed E-state index contributed by atoms with van der Waals surface area (Å²) in [6.07, 6.45) is 2.73. The number of carbonyl (C=O) groups is 2. The number of benzene rings is 1. The Morgan fingerprint density at radius 3 is 2.47 bits per heavy atom. The molecule has 1 aromatic carbocycles. The third-order valence-corrected chi connectivity index (χ3v) is 3.04. The lowest BCUT2D eigenvalue weighted by atomic mass is 10.1. The van der Waals surface area contributed by atoms with E-state index in [0.717, 1.165) is 18.4 Å². The van der Waals surface area contributed by atoms with Gasteiger partial charge in [-0.3, -0.25) is 9.59 Å². The van der Waals surface area contributed by atoms with Crippen LogP contribution in [0.15, 0.2) is 24.3 Å². The van der Waals surface area contributed by atoms with Crippen LogP contribution in [0.4, 0.5) is 0 Å². The normalized spacial score (nSPS) is 14.1. The van der Waals surface area contributed by atoms with E-state index in [1.165, 1.54) is 0 Å². The Kier molecular flexibility index (Phi) is 4.52. The van der Waals surface area contributed by atoms with Gasteiger partial charge in [-0.1, -0.05) is 12.1 Å². The zero-order valence-electron chi connectivity index (χ0n) is 10.8. The third kappa shape index (κ3) is 4.71. The van der Waals surface area contributed by atoms with Gasteiger partial charge in [0.25, 0.3) is 0 Å². The SMILES string of the molecule is NC(=O)c1ccc(CNCCC(=O)NC2CC2)cc1. The van der Waals surface area contributed by atoms with Crippen LogP contribution >= 0.6 is 0 Å². The predicted octanol–water partition coefficient (Wildman–Crippen LogP) is 0.544. The first-order chi connectivity index (χ1) is 9.15. The molecule has 0 radical (unpaired) electrons. The quantitative estimate of drug-likeness (QED) is 0.626. The standard InChI is InChI=1S/C14H19N3O2/c15-14(19)11-3-1-10(2-4-11)9-16-8-7-13(18)17-12-5-6-12/h1-4,12,16H,5-9H2,(H2,15,19)(H,17,18). The van der Waals surface area contributed by atoms with Gasteiger partial charge in [0.15, 0.2) is 0 Å². The lowest BCUT2D eigenvalue weighted by Crippen LogP contribution is -2.29. The van der Waals surface area contributed by atoms with Crippen molar-refractivity contribution in [2.45, 2.75) is 31.8 Å². The van der Waals surface area contributed by atoms with Crippen molar-refractivity contribution in [3.8, 4) is 0 Å². The molecule has 4 N–H and O–H groups in total. The first-order valence-corrected chi connectivity index (χ1v) is 6.54. The summed E-state index contributed by atoms with van der Waals surface area (Å²) in [4.78, 5) is 22.3. The zero-order chi connectivity index (χ0) is 13.7. The molecule has 0 atom stereocenters. The summed E-state index contributed by atoms with van der Waals surface area (Å²) in [7, 11) is 0. The second-order valence-electron chi connectivity index (χ2n) is 4.83. The Balaban J connectivity index is 1.64. The monoisotopic (exact) mass is 261 g/mol. The number of nitrogens with two attached hydrogens (primary N) is 1. The van der Waals surface area contributed by atoms with E-state index in [0.29, 0.717) is 31.1 Å². The second kappa shape index (κ2) is 6.33. The molecule has 1 saturated carbocycles. The van der Waals surface area contributed by atoms with Crippen molar-refractivity contribution in [3.05, 3.63) is 35.4 Å². The average Bonchev–Trinajstić information content (AvgIpc) is 3.19.